The Hall–Kier alpha value is -3.03. The van der Waals surface area contributed by atoms with Gasteiger partial charge in [-0.3, -0.25) is 0 Å². The Morgan fingerprint density at radius 3 is 2.10 bits per heavy atom. The van der Waals surface area contributed by atoms with E-state index in [0.29, 0.717) is 39.8 Å². The zero-order valence-electron chi connectivity index (χ0n) is 17.2. The monoisotopic (exact) mass is 480 g/mol. The second-order valence-electron chi connectivity index (χ2n) is 5.92. The standard InChI is InChI=1S/C21H21FN2O5Se/c1-25-16-7-6-12(8-14(16)22)15-11-30-21(23-15)19(24-29-5)13-9-17(26-2)20(28-4)18(10-13)27-3/h6-11H,1-5H3/b24-19-. The summed E-state index contributed by atoms with van der Waals surface area (Å²) < 4.78 is 36.1. The van der Waals surface area contributed by atoms with Crippen molar-refractivity contribution in [2.75, 3.05) is 35.5 Å². The number of ether oxygens (including phenoxy) is 4. The summed E-state index contributed by atoms with van der Waals surface area (Å²) in [5.74, 6) is 1.21. The molecule has 2 aromatic carbocycles. The van der Waals surface area contributed by atoms with Gasteiger partial charge in [0, 0.05) is 0 Å². The second-order valence-corrected chi connectivity index (χ2v) is 7.72. The zero-order valence-corrected chi connectivity index (χ0v) is 18.9. The van der Waals surface area contributed by atoms with Gasteiger partial charge in [0.2, 0.25) is 0 Å². The number of methoxy groups -OCH3 is 4. The summed E-state index contributed by atoms with van der Waals surface area (Å²) in [7, 11) is 7.52. The van der Waals surface area contributed by atoms with Crippen LogP contribution in [0.1, 0.15) is 10.1 Å². The molecule has 0 atom stereocenters. The Kier molecular flexibility index (Phi) is 6.97. The molecule has 0 unspecified atom stereocenters. The van der Waals surface area contributed by atoms with Crippen molar-refractivity contribution in [2.45, 2.75) is 0 Å². The number of aromatic nitrogens is 1. The first-order valence-electron chi connectivity index (χ1n) is 8.77. The molecule has 0 aliphatic heterocycles. The van der Waals surface area contributed by atoms with Crippen molar-refractivity contribution < 1.29 is 28.2 Å². The molecule has 3 rings (SSSR count). The van der Waals surface area contributed by atoms with Gasteiger partial charge in [0.15, 0.2) is 0 Å². The number of hydrogen-bond acceptors (Lipinski definition) is 7. The van der Waals surface area contributed by atoms with Crippen molar-refractivity contribution in [3.63, 3.8) is 0 Å². The van der Waals surface area contributed by atoms with E-state index in [0.717, 1.165) is 4.57 Å². The van der Waals surface area contributed by atoms with Crippen molar-refractivity contribution in [3.05, 3.63) is 51.2 Å². The fraction of sp³-hybridized carbons (Fsp3) is 0.238. The average Bonchev–Trinajstić information content (AvgIpc) is 3.26. The predicted molar refractivity (Wildman–Crippen MR) is 112 cm³/mol. The molecule has 0 aliphatic rings. The third-order valence-corrected chi connectivity index (χ3v) is 6.06. The van der Waals surface area contributed by atoms with E-state index < -0.39 is 5.82 Å². The number of hydrogen-bond donors (Lipinski definition) is 0. The van der Waals surface area contributed by atoms with Crippen LogP contribution in [0.2, 0.25) is 0 Å². The van der Waals surface area contributed by atoms with Crippen molar-refractivity contribution >= 4 is 20.2 Å². The van der Waals surface area contributed by atoms with E-state index in [1.165, 1.54) is 20.3 Å². The molecular formula is C21H21FN2O5Se. The third kappa shape index (κ3) is 4.27. The van der Waals surface area contributed by atoms with E-state index in [4.69, 9.17) is 23.8 Å². The molecule has 0 fully saturated rings. The van der Waals surface area contributed by atoms with E-state index in [9.17, 15) is 4.39 Å². The quantitative estimate of drug-likeness (QED) is 0.280. The minimum absolute atomic E-state index is 0.135. The van der Waals surface area contributed by atoms with Crippen LogP contribution in [0.4, 0.5) is 4.39 Å². The van der Waals surface area contributed by atoms with Gasteiger partial charge in [0.25, 0.3) is 0 Å². The van der Waals surface area contributed by atoms with E-state index in [1.54, 1.807) is 45.6 Å². The van der Waals surface area contributed by atoms with Crippen LogP contribution in [-0.2, 0) is 4.84 Å². The molecule has 0 spiro atoms. The number of benzene rings is 2. The summed E-state index contributed by atoms with van der Waals surface area (Å²) in [6.45, 7) is 0. The first kappa shape index (κ1) is 21.7. The van der Waals surface area contributed by atoms with Crippen LogP contribution in [0.15, 0.2) is 40.4 Å². The van der Waals surface area contributed by atoms with E-state index in [1.807, 2.05) is 4.94 Å². The molecular weight excluding hydrogens is 458 g/mol. The molecule has 0 saturated carbocycles. The predicted octanol–water partition coefficient (Wildman–Crippen LogP) is 3.38. The van der Waals surface area contributed by atoms with Crippen LogP contribution in [0.3, 0.4) is 0 Å². The first-order valence-corrected chi connectivity index (χ1v) is 10.6. The van der Waals surface area contributed by atoms with Gasteiger partial charge < -0.3 is 0 Å². The fourth-order valence-electron chi connectivity index (χ4n) is 2.87. The van der Waals surface area contributed by atoms with Crippen LogP contribution in [0, 0.1) is 5.82 Å². The maximum absolute atomic E-state index is 14.1. The Morgan fingerprint density at radius 2 is 1.57 bits per heavy atom. The molecule has 1 heterocycles. The molecule has 30 heavy (non-hydrogen) atoms. The summed E-state index contributed by atoms with van der Waals surface area (Å²) in [5.41, 5.74) is 2.56. The first-order chi connectivity index (χ1) is 14.6. The Bertz CT molecular complexity index is 1040. The number of rotatable bonds is 8. The van der Waals surface area contributed by atoms with Crippen molar-refractivity contribution in [2.24, 2.45) is 5.16 Å². The van der Waals surface area contributed by atoms with Crippen molar-refractivity contribution in [1.29, 1.82) is 0 Å². The van der Waals surface area contributed by atoms with E-state index >= 15 is 0 Å². The topological polar surface area (TPSA) is 71.4 Å². The second kappa shape index (κ2) is 9.65. The van der Waals surface area contributed by atoms with E-state index in [2.05, 4.69) is 10.1 Å². The summed E-state index contributed by atoms with van der Waals surface area (Å²) in [4.78, 5) is 11.7. The number of oxime groups is 1. The molecule has 0 bridgehead atoms. The summed E-state index contributed by atoms with van der Waals surface area (Å²) >= 11 is -0.135. The number of nitrogens with zero attached hydrogens (tertiary/aromatic N) is 2. The number of halogens is 1. The van der Waals surface area contributed by atoms with Gasteiger partial charge in [-0.25, -0.2) is 0 Å². The Balaban J connectivity index is 2.05. The van der Waals surface area contributed by atoms with Crippen LogP contribution in [0.25, 0.3) is 11.3 Å². The summed E-state index contributed by atoms with van der Waals surface area (Å²) in [6, 6.07) is 8.31. The molecule has 0 aliphatic carbocycles. The summed E-state index contributed by atoms with van der Waals surface area (Å²) in [6.07, 6.45) is 0. The molecule has 7 nitrogen and oxygen atoms in total. The van der Waals surface area contributed by atoms with Gasteiger partial charge in [0.1, 0.15) is 0 Å². The van der Waals surface area contributed by atoms with Gasteiger partial charge in [-0.1, -0.05) is 0 Å². The normalized spacial score (nSPS) is 11.2. The summed E-state index contributed by atoms with van der Waals surface area (Å²) in [5, 5.41) is 4.18. The Morgan fingerprint density at radius 1 is 0.900 bits per heavy atom. The van der Waals surface area contributed by atoms with Gasteiger partial charge in [-0.05, 0) is 0 Å². The van der Waals surface area contributed by atoms with Crippen molar-refractivity contribution in [3.8, 4) is 34.3 Å². The van der Waals surface area contributed by atoms with Crippen molar-refractivity contribution in [1.82, 2.24) is 4.98 Å². The molecule has 3 aromatic rings. The molecule has 9 heteroatoms. The van der Waals surface area contributed by atoms with Gasteiger partial charge in [-0.15, -0.1) is 0 Å². The van der Waals surface area contributed by atoms with Gasteiger partial charge in [-0.2, -0.15) is 0 Å². The molecule has 0 amide bonds. The van der Waals surface area contributed by atoms with Crippen LogP contribution >= 0.6 is 0 Å². The van der Waals surface area contributed by atoms with Crippen LogP contribution in [-0.4, -0.2) is 60.7 Å². The molecule has 0 N–H and O–H groups in total. The van der Waals surface area contributed by atoms with Crippen LogP contribution < -0.4 is 18.9 Å². The minimum atomic E-state index is -0.442. The SMILES string of the molecule is CO/N=C(/c1cc(OC)c(OC)c(OC)c1)c1nc(-c2ccc(OC)c(F)c2)c[se]1. The molecule has 0 radical (unpaired) electrons. The molecule has 0 saturated heterocycles. The average molecular weight is 479 g/mol. The van der Waals surface area contributed by atoms with Gasteiger partial charge >= 0.3 is 180 Å². The van der Waals surface area contributed by atoms with Crippen LogP contribution in [0.5, 0.6) is 23.0 Å². The zero-order chi connectivity index (χ0) is 21.7. The maximum atomic E-state index is 14.1. The molecule has 1 aromatic heterocycles. The fourth-order valence-corrected chi connectivity index (χ4v) is 4.61. The Labute approximate surface area is 179 Å². The third-order valence-electron chi connectivity index (χ3n) is 4.28. The van der Waals surface area contributed by atoms with Gasteiger partial charge in [0.05, 0.1) is 0 Å². The van der Waals surface area contributed by atoms with E-state index in [-0.39, 0.29) is 20.3 Å². The molecule has 158 valence electrons.